The zero-order valence-corrected chi connectivity index (χ0v) is 21.3. The monoisotopic (exact) mass is 545 g/mol. The fourth-order valence-corrected chi connectivity index (χ4v) is 4.91. The van der Waals surface area contributed by atoms with Crippen molar-refractivity contribution in [2.45, 2.75) is 63.9 Å². The van der Waals surface area contributed by atoms with E-state index >= 15 is 0 Å². The summed E-state index contributed by atoms with van der Waals surface area (Å²) < 4.78 is 64.6. The summed E-state index contributed by atoms with van der Waals surface area (Å²) in [6, 6.07) is 0.480. The molecule has 0 amide bonds. The first kappa shape index (κ1) is 28.4. The van der Waals surface area contributed by atoms with Crippen LogP contribution in [0.1, 0.15) is 40.2 Å². The largest absolute Gasteiger partial charge is 0.463 e. The van der Waals surface area contributed by atoms with Crippen LogP contribution < -0.4 is 0 Å². The number of rotatable bonds is 9. The minimum absolute atomic E-state index is 0.0262. The molecule has 1 fully saturated rings. The van der Waals surface area contributed by atoms with E-state index in [4.69, 9.17) is 18.9 Å². The number of esters is 3. The number of benzene rings is 1. The number of thioether (sulfide) groups is 1. The normalized spacial score (nSPS) is 23.4. The molecule has 0 aliphatic carbocycles. The number of ether oxygens (including phenoxy) is 4. The lowest BCUT2D eigenvalue weighted by Gasteiger charge is -2.44. The van der Waals surface area contributed by atoms with E-state index in [1.165, 1.54) is 36.5 Å². The zero-order chi connectivity index (χ0) is 27.3. The van der Waals surface area contributed by atoms with Crippen molar-refractivity contribution in [2.75, 3.05) is 12.4 Å². The first-order valence-electron chi connectivity index (χ1n) is 11.3. The summed E-state index contributed by atoms with van der Waals surface area (Å²) in [7, 11) is 0. The fourth-order valence-electron chi connectivity index (χ4n) is 3.81. The molecule has 2 heterocycles. The maximum Gasteiger partial charge on any atom is 0.303 e. The molecule has 5 atom stereocenters. The van der Waals surface area contributed by atoms with Crippen LogP contribution in [0, 0.1) is 17.5 Å². The summed E-state index contributed by atoms with van der Waals surface area (Å²) in [6.45, 7) is 5.22. The minimum Gasteiger partial charge on any atom is -0.463 e. The van der Waals surface area contributed by atoms with E-state index in [0.29, 0.717) is 5.75 Å². The molecule has 14 heteroatoms. The Morgan fingerprint density at radius 1 is 1.03 bits per heavy atom. The first-order valence-corrected chi connectivity index (χ1v) is 12.4. The molecule has 3 rings (SSSR count). The Balaban J connectivity index is 2.10. The van der Waals surface area contributed by atoms with Gasteiger partial charge in [-0.2, -0.15) is 0 Å². The van der Waals surface area contributed by atoms with E-state index < -0.39 is 65.1 Å². The van der Waals surface area contributed by atoms with Crippen molar-refractivity contribution in [3.05, 3.63) is 35.8 Å². The average molecular weight is 546 g/mol. The second kappa shape index (κ2) is 12.4. The molecular formula is C23H26F3N3O7S. The van der Waals surface area contributed by atoms with Gasteiger partial charge in [-0.25, -0.2) is 17.9 Å². The third-order valence-electron chi connectivity index (χ3n) is 5.25. The van der Waals surface area contributed by atoms with Crippen LogP contribution in [0.2, 0.25) is 0 Å². The van der Waals surface area contributed by atoms with Gasteiger partial charge in [0.25, 0.3) is 0 Å². The van der Waals surface area contributed by atoms with Crippen molar-refractivity contribution in [1.82, 2.24) is 15.0 Å². The van der Waals surface area contributed by atoms with Crippen molar-refractivity contribution in [3.63, 3.8) is 0 Å². The van der Waals surface area contributed by atoms with Crippen molar-refractivity contribution in [2.24, 2.45) is 0 Å². The molecule has 2 aromatic rings. The standard InChI is InChI=1S/C23H26F3N3O7S/c1-5-6-37-23-22(35-13(4)32)20(21(34-12(3)31)18(36-23)10-33-11(2)30)29-9-17(27-28-29)14-7-15(24)19(26)16(25)8-14/h7-9,18,20-23H,5-6,10H2,1-4H3. The predicted octanol–water partition coefficient (Wildman–Crippen LogP) is 3.20. The Labute approximate surface area is 214 Å². The Kier molecular flexibility index (Phi) is 9.54. The molecule has 0 radical (unpaired) electrons. The number of hydrogen-bond donors (Lipinski definition) is 0. The van der Waals surface area contributed by atoms with Crippen LogP contribution in [0.5, 0.6) is 0 Å². The van der Waals surface area contributed by atoms with Gasteiger partial charge in [0.15, 0.2) is 29.7 Å². The van der Waals surface area contributed by atoms with Crippen molar-refractivity contribution < 1.29 is 46.5 Å². The summed E-state index contributed by atoms with van der Waals surface area (Å²) in [5.41, 5.74) is -0.910. The number of aromatic nitrogens is 3. The van der Waals surface area contributed by atoms with Crippen LogP contribution >= 0.6 is 11.8 Å². The Morgan fingerprint density at radius 3 is 2.22 bits per heavy atom. The van der Waals surface area contributed by atoms with Gasteiger partial charge < -0.3 is 18.9 Å². The minimum atomic E-state index is -1.63. The molecule has 0 N–H and O–H groups in total. The Morgan fingerprint density at radius 2 is 1.65 bits per heavy atom. The lowest BCUT2D eigenvalue weighted by atomic mass is 9.96. The number of halogens is 3. The van der Waals surface area contributed by atoms with Gasteiger partial charge in [0.05, 0.1) is 6.20 Å². The SMILES string of the molecule is CCCSC1OC(COC(C)=O)C(OC(C)=O)C(n2cc(-c3cc(F)c(F)c(F)c3)nn2)C1OC(C)=O. The lowest BCUT2D eigenvalue weighted by molar-refractivity contribution is -0.212. The van der Waals surface area contributed by atoms with Crippen molar-refractivity contribution in [1.29, 1.82) is 0 Å². The van der Waals surface area contributed by atoms with Gasteiger partial charge in [-0.15, -0.1) is 16.9 Å². The Bertz CT molecular complexity index is 1130. The summed E-state index contributed by atoms with van der Waals surface area (Å²) in [5, 5.41) is 7.96. The molecule has 10 nitrogen and oxygen atoms in total. The molecule has 0 saturated carbocycles. The smallest absolute Gasteiger partial charge is 0.303 e. The molecule has 202 valence electrons. The highest BCUT2D eigenvalue weighted by molar-refractivity contribution is 7.99. The van der Waals surface area contributed by atoms with Gasteiger partial charge in [-0.3, -0.25) is 14.4 Å². The van der Waals surface area contributed by atoms with Gasteiger partial charge in [-0.1, -0.05) is 12.1 Å². The maximum absolute atomic E-state index is 13.8. The topological polar surface area (TPSA) is 119 Å². The van der Waals surface area contributed by atoms with Crippen LogP contribution in [0.15, 0.2) is 18.3 Å². The van der Waals surface area contributed by atoms with E-state index in [-0.39, 0.29) is 17.9 Å². The van der Waals surface area contributed by atoms with Gasteiger partial charge in [0.2, 0.25) is 0 Å². The van der Waals surface area contributed by atoms with E-state index in [0.717, 1.165) is 25.5 Å². The van der Waals surface area contributed by atoms with Crippen LogP contribution in [0.4, 0.5) is 13.2 Å². The molecule has 0 bridgehead atoms. The summed E-state index contributed by atoms with van der Waals surface area (Å²) >= 11 is 1.33. The molecule has 37 heavy (non-hydrogen) atoms. The molecular weight excluding hydrogens is 519 g/mol. The van der Waals surface area contributed by atoms with Crippen LogP contribution in [0.25, 0.3) is 11.3 Å². The van der Waals surface area contributed by atoms with Gasteiger partial charge in [0, 0.05) is 26.3 Å². The van der Waals surface area contributed by atoms with E-state index in [1.54, 1.807) is 0 Å². The number of carbonyl (C=O) groups excluding carboxylic acids is 3. The summed E-state index contributed by atoms with van der Waals surface area (Å²) in [4.78, 5) is 35.6. The first-order chi connectivity index (χ1) is 17.5. The van der Waals surface area contributed by atoms with Gasteiger partial charge >= 0.3 is 17.9 Å². The lowest BCUT2D eigenvalue weighted by Crippen LogP contribution is -2.57. The van der Waals surface area contributed by atoms with Gasteiger partial charge in [0.1, 0.15) is 29.9 Å². The molecule has 5 unspecified atom stereocenters. The molecule has 1 aliphatic rings. The third kappa shape index (κ3) is 7.01. The van der Waals surface area contributed by atoms with Crippen LogP contribution in [-0.2, 0) is 33.3 Å². The Hall–Kier alpha value is -3.13. The van der Waals surface area contributed by atoms with Gasteiger partial charge in [-0.05, 0) is 24.3 Å². The average Bonchev–Trinajstić information content (AvgIpc) is 3.30. The van der Waals surface area contributed by atoms with E-state index in [1.807, 2.05) is 6.92 Å². The predicted molar refractivity (Wildman–Crippen MR) is 124 cm³/mol. The van der Waals surface area contributed by atoms with Crippen LogP contribution in [0.3, 0.4) is 0 Å². The highest BCUT2D eigenvalue weighted by atomic mass is 32.2. The summed E-state index contributed by atoms with van der Waals surface area (Å²) in [6.07, 6.45) is -1.15. The molecule has 0 spiro atoms. The van der Waals surface area contributed by atoms with Crippen LogP contribution in [-0.4, -0.2) is 69.0 Å². The van der Waals surface area contributed by atoms with Crippen molar-refractivity contribution >= 4 is 29.7 Å². The zero-order valence-electron chi connectivity index (χ0n) is 20.5. The highest BCUT2D eigenvalue weighted by Gasteiger charge is 2.51. The molecule has 1 aromatic carbocycles. The quantitative estimate of drug-likeness (QED) is 0.264. The highest BCUT2D eigenvalue weighted by Crippen LogP contribution is 2.39. The van der Waals surface area contributed by atoms with Crippen molar-refractivity contribution in [3.8, 4) is 11.3 Å². The van der Waals surface area contributed by atoms with E-state index in [2.05, 4.69) is 10.3 Å². The second-order valence-electron chi connectivity index (χ2n) is 8.19. The molecule has 1 aromatic heterocycles. The maximum atomic E-state index is 13.8. The number of nitrogens with zero attached hydrogens (tertiary/aromatic N) is 3. The number of carbonyl (C=O) groups is 3. The summed E-state index contributed by atoms with van der Waals surface area (Å²) in [5.74, 6) is -5.78. The second-order valence-corrected chi connectivity index (χ2v) is 9.40. The van der Waals surface area contributed by atoms with E-state index in [9.17, 15) is 27.6 Å². The number of hydrogen-bond acceptors (Lipinski definition) is 10. The molecule has 1 saturated heterocycles. The molecule has 1 aliphatic heterocycles. The fraction of sp³-hybridized carbons (Fsp3) is 0.522. The third-order valence-corrected chi connectivity index (χ3v) is 6.61.